The molecule has 0 saturated carbocycles. The van der Waals surface area contributed by atoms with Crippen LogP contribution < -0.4 is 14.7 Å². The van der Waals surface area contributed by atoms with E-state index in [1.54, 1.807) is 6.20 Å². The number of para-hydroxylation sites is 3. The van der Waals surface area contributed by atoms with Crippen LogP contribution in [0.5, 0.6) is 0 Å². The van der Waals surface area contributed by atoms with Gasteiger partial charge in [0, 0.05) is 107 Å². The van der Waals surface area contributed by atoms with Crippen molar-refractivity contribution in [3.63, 3.8) is 0 Å². The molecule has 0 aliphatic heterocycles. The van der Waals surface area contributed by atoms with E-state index in [1.165, 1.54) is 33.4 Å². The van der Waals surface area contributed by atoms with Crippen molar-refractivity contribution in [1.82, 2.24) is 19.9 Å². The van der Waals surface area contributed by atoms with Gasteiger partial charge in [-0.15, -0.1) is 0 Å². The molecule has 146 heavy (non-hydrogen) atoms. The highest BCUT2D eigenvalue weighted by Crippen LogP contribution is 2.50. The third-order valence-electron chi connectivity index (χ3n) is 27.9. The lowest BCUT2D eigenvalue weighted by Crippen LogP contribution is -2.10. The Bertz CT molecular complexity index is 9910. The molecule has 0 N–H and O–H groups in total. The zero-order valence-corrected chi connectivity index (χ0v) is 78.7. The van der Waals surface area contributed by atoms with E-state index < -0.39 is 0 Å². The first kappa shape index (κ1) is 85.4. The Hall–Kier alpha value is -19.8. The van der Waals surface area contributed by atoms with Gasteiger partial charge in [-0.2, -0.15) is 0 Å². The molecule has 686 valence electrons. The van der Waals surface area contributed by atoms with E-state index in [0.29, 0.717) is 23.4 Å². The lowest BCUT2D eigenvalue weighted by Gasteiger charge is -2.26. The number of hydrogen-bond donors (Lipinski definition) is 0. The maximum absolute atomic E-state index is 6.60. The highest BCUT2D eigenvalue weighted by molar-refractivity contribution is 6.23. The van der Waals surface area contributed by atoms with E-state index >= 15 is 0 Å². The van der Waals surface area contributed by atoms with E-state index in [0.717, 1.165) is 215 Å². The topological polar surface area (TPSA) is 127 Å². The van der Waals surface area contributed by atoms with Crippen LogP contribution in [0.25, 0.3) is 221 Å². The first-order chi connectivity index (χ1) is 72.3. The van der Waals surface area contributed by atoms with Crippen molar-refractivity contribution in [1.29, 1.82) is 0 Å². The summed E-state index contributed by atoms with van der Waals surface area (Å²) < 4.78 is 32.3. The fourth-order valence-electron chi connectivity index (χ4n) is 20.8. The Balaban J connectivity index is 0.000000109. The molecule has 0 unspecified atom stereocenters. The van der Waals surface area contributed by atoms with E-state index in [2.05, 4.69) is 390 Å². The van der Waals surface area contributed by atoms with Crippen LogP contribution in [0.4, 0.5) is 51.2 Å². The van der Waals surface area contributed by atoms with Crippen LogP contribution in [0.3, 0.4) is 0 Å². The normalized spacial score (nSPS) is 11.6. The first-order valence-corrected chi connectivity index (χ1v) is 49.0. The van der Waals surface area contributed by atoms with Gasteiger partial charge in [0.25, 0.3) is 0 Å². The van der Waals surface area contributed by atoms with Gasteiger partial charge in [0.2, 0.25) is 17.7 Å². The number of oxazole rings is 3. The van der Waals surface area contributed by atoms with Gasteiger partial charge in [-0.05, 0) is 263 Å². The lowest BCUT2D eigenvalue weighted by molar-refractivity contribution is 0.617. The minimum absolute atomic E-state index is 0.518. The molecule has 23 aromatic carbocycles. The third kappa shape index (κ3) is 15.7. The minimum Gasteiger partial charge on any atom is -0.456 e. The van der Waals surface area contributed by atoms with Crippen molar-refractivity contribution in [2.75, 3.05) is 14.7 Å². The number of hydrogen-bond acceptors (Lipinski definition) is 12. The zero-order valence-electron chi connectivity index (χ0n) is 78.7. The van der Waals surface area contributed by atoms with E-state index in [9.17, 15) is 0 Å². The average Bonchev–Trinajstić information content (AvgIpc) is 1.38. The Labute approximate surface area is 838 Å². The molecule has 0 atom stereocenters. The van der Waals surface area contributed by atoms with Crippen LogP contribution in [0.2, 0.25) is 0 Å². The molecule has 0 spiro atoms. The molecule has 0 fully saturated rings. The average molecular weight is 1870 g/mol. The Kier molecular flexibility index (Phi) is 21.3. The molecule has 0 aliphatic rings. The summed E-state index contributed by atoms with van der Waals surface area (Å²) in [7, 11) is 0. The first-order valence-electron chi connectivity index (χ1n) is 49.0. The summed E-state index contributed by atoms with van der Waals surface area (Å²) in [6.45, 7) is 0. The van der Waals surface area contributed by atoms with E-state index in [-0.39, 0.29) is 0 Å². The monoisotopic (exact) mass is 1870 g/mol. The van der Waals surface area contributed by atoms with Crippen molar-refractivity contribution in [2.24, 2.45) is 0 Å². The predicted octanol–water partition coefficient (Wildman–Crippen LogP) is 37.7. The third-order valence-corrected chi connectivity index (χ3v) is 27.9. The maximum Gasteiger partial charge on any atom is 0.246 e. The summed E-state index contributed by atoms with van der Waals surface area (Å²) in [6.07, 6.45) is 1.76. The van der Waals surface area contributed by atoms with Gasteiger partial charge >= 0.3 is 0 Å². The second-order valence-electron chi connectivity index (χ2n) is 36.6. The molecule has 29 aromatic rings. The molecule has 29 rings (SSSR count). The number of anilines is 9. The Morgan fingerprint density at radius 3 is 1.04 bits per heavy atom. The van der Waals surface area contributed by atoms with Gasteiger partial charge in [0.05, 0.1) is 5.69 Å². The van der Waals surface area contributed by atoms with Crippen molar-refractivity contribution in [3.8, 4) is 79.0 Å². The Morgan fingerprint density at radius 2 is 0.527 bits per heavy atom. The molecule has 6 heterocycles. The van der Waals surface area contributed by atoms with Gasteiger partial charge in [-0.1, -0.05) is 334 Å². The van der Waals surface area contributed by atoms with Crippen LogP contribution in [0.15, 0.2) is 538 Å². The molecular weight excluding hydrogens is 1790 g/mol. The lowest BCUT2D eigenvalue weighted by atomic mass is 9.99. The second-order valence-corrected chi connectivity index (χ2v) is 36.6. The molecule has 12 nitrogen and oxygen atoms in total. The number of aromatic nitrogens is 4. The molecule has 0 bridgehead atoms. The molecule has 0 amide bonds. The summed E-state index contributed by atoms with van der Waals surface area (Å²) in [4.78, 5) is 26.2. The number of nitrogens with zero attached hydrogens (tertiary/aromatic N) is 7. The summed E-state index contributed by atoms with van der Waals surface area (Å²) in [5.74, 6) is 1.76. The summed E-state index contributed by atoms with van der Waals surface area (Å²) >= 11 is 0. The fraction of sp³-hybridized carbons (Fsp3) is 0. The van der Waals surface area contributed by atoms with Crippen molar-refractivity contribution in [2.45, 2.75) is 0 Å². The van der Waals surface area contributed by atoms with Crippen LogP contribution in [0.1, 0.15) is 0 Å². The van der Waals surface area contributed by atoms with Gasteiger partial charge < -0.3 is 36.8 Å². The Morgan fingerprint density at radius 1 is 0.171 bits per heavy atom. The molecule has 0 radical (unpaired) electrons. The highest BCUT2D eigenvalue weighted by atomic mass is 16.4. The summed E-state index contributed by atoms with van der Waals surface area (Å²) in [5.41, 5.74) is 29.6. The van der Waals surface area contributed by atoms with Crippen LogP contribution in [0, 0.1) is 0 Å². The molecule has 12 heteroatoms. The van der Waals surface area contributed by atoms with Gasteiger partial charge in [0.15, 0.2) is 22.3 Å². The second kappa shape index (κ2) is 36.4. The van der Waals surface area contributed by atoms with E-state index in [1.807, 2.05) is 140 Å². The highest BCUT2D eigenvalue weighted by Gasteiger charge is 2.26. The van der Waals surface area contributed by atoms with Crippen LogP contribution in [-0.4, -0.2) is 19.9 Å². The maximum atomic E-state index is 6.60. The molecular formula is C134H85N7O5. The number of pyridine rings is 1. The smallest absolute Gasteiger partial charge is 0.246 e. The SMILES string of the molecule is c1ccc(-c2ccc(N(c3ccc(-c4ccccc4)cc3)c3ccc4ccc5ccc6oc(-c7ccccn7)nc6c5c4c3)cc2)cc1.c1ccc(-c2ccc(N(c3ccc4ccc5ccc6nc(-c7ccccc7)oc6c5c4c3)c3cccc4c3oc3ccccc34)cc2)cc1.c1ccc(-c2cccc(N(c3ccc4c(c3)oc3ccccc34)c3ccc4ccc5ccc6nc(-c7ccccc7)oc6c5c4c3)c2)cc1. The fourth-order valence-corrected chi connectivity index (χ4v) is 20.8. The van der Waals surface area contributed by atoms with Crippen molar-refractivity contribution >= 4 is 193 Å². The zero-order chi connectivity index (χ0) is 96.5. The number of furan rings is 2. The molecule has 0 aliphatic carbocycles. The standard InChI is InChI=1S/2C45H28N2O2.C44H29N3O/c1-3-10-29(11-4-1)33-14-9-15-34(26-33)47(36-23-24-38-37-16-7-8-17-41(37)48-42(38)28-36)35-22-20-30-18-19-31-21-25-40-44(43(31)39(30)27-35)49-45(46-40)32-12-5-2-6-13-32;1-3-10-29(11-4-1)30-20-24-34(25-21-30)47(40-16-9-15-37-36-14-7-8-17-41(36)48-43(37)40)35-26-22-31-18-19-32-23-27-39-44(42(32)38(31)28-35)49-45(46-39)33-12-5-2-6-13-33;1-3-9-30(10-4-1)32-16-22-36(23-17-32)47(37-24-18-33(19-25-37)31-11-5-2-6-12-31)38-26-20-34-14-15-35-21-27-41-43(42(35)39(34)29-38)46-44(48-41)40-13-7-8-28-45-40/h2*1-28H;1-29H. The van der Waals surface area contributed by atoms with Gasteiger partial charge in [-0.3, -0.25) is 4.98 Å². The largest absolute Gasteiger partial charge is 0.456 e. The summed E-state index contributed by atoms with van der Waals surface area (Å²) in [6, 6.07) is 178. The molecule has 0 saturated heterocycles. The number of benzene rings is 23. The number of fused-ring (bicyclic) bond motifs is 21. The quantitative estimate of drug-likeness (QED) is 0.0855. The number of rotatable bonds is 16. The van der Waals surface area contributed by atoms with Crippen molar-refractivity contribution < 1.29 is 22.1 Å². The van der Waals surface area contributed by atoms with Crippen molar-refractivity contribution in [3.05, 3.63) is 516 Å². The molecule has 6 aromatic heterocycles. The van der Waals surface area contributed by atoms with Crippen LogP contribution >= 0.6 is 0 Å². The van der Waals surface area contributed by atoms with E-state index in [4.69, 9.17) is 37.0 Å². The predicted molar refractivity (Wildman–Crippen MR) is 602 cm³/mol. The van der Waals surface area contributed by atoms with Crippen LogP contribution in [-0.2, 0) is 0 Å². The minimum atomic E-state index is 0.518. The van der Waals surface area contributed by atoms with Gasteiger partial charge in [-0.25, -0.2) is 15.0 Å². The van der Waals surface area contributed by atoms with Gasteiger partial charge in [0.1, 0.15) is 39.0 Å². The summed E-state index contributed by atoms with van der Waals surface area (Å²) in [5, 5.41) is 17.6.